The first-order valence-electron chi connectivity index (χ1n) is 6.36. The summed E-state index contributed by atoms with van der Waals surface area (Å²) in [6, 6.07) is 4.62. The predicted octanol–water partition coefficient (Wildman–Crippen LogP) is -5.63. The average molecular weight is 494 g/mol. The van der Waals surface area contributed by atoms with Crippen LogP contribution < -0.4 is 69.3 Å². The zero-order chi connectivity index (χ0) is 19.0. The molecule has 28 heavy (non-hydrogen) atoms. The summed E-state index contributed by atoms with van der Waals surface area (Å²) in [5.74, 6) is -2.00. The molecule has 10 nitrogen and oxygen atoms in total. The van der Waals surface area contributed by atoms with Crippen LogP contribution in [0, 0.1) is 6.92 Å². The Kier molecular flexibility index (Phi) is 12.3. The molecule has 2 aromatic rings. The second kappa shape index (κ2) is 11.4. The summed E-state index contributed by atoms with van der Waals surface area (Å²) in [6.45, 7) is 1.64. The van der Waals surface area contributed by atoms with Crippen molar-refractivity contribution in [2.45, 2.75) is 16.7 Å². The van der Waals surface area contributed by atoms with Gasteiger partial charge in [0.2, 0.25) is 0 Å². The minimum Gasteiger partial charge on any atom is -0.871 e. The number of nitrogens with zero attached hydrogens (tertiary/aromatic N) is 2. The van der Waals surface area contributed by atoms with Gasteiger partial charge in [0.1, 0.15) is 20.2 Å². The third-order valence-electron chi connectivity index (χ3n) is 2.95. The third-order valence-corrected chi connectivity index (χ3v) is 4.60. The van der Waals surface area contributed by atoms with Gasteiger partial charge in [-0.05, 0) is 30.7 Å². The van der Waals surface area contributed by atoms with E-state index >= 15 is 0 Å². The van der Waals surface area contributed by atoms with Gasteiger partial charge in [-0.1, -0.05) is 23.6 Å². The number of benzene rings is 2. The predicted molar refractivity (Wildman–Crippen MR) is 76.6 cm³/mol. The molecule has 15 heteroatoms. The quantitative estimate of drug-likeness (QED) is 0.229. The largest absolute Gasteiger partial charge is 2.00 e. The third kappa shape index (κ3) is 7.67. The SMILES string of the molecule is Cc1ccc([O-])c(N=Nc2cc(S(=O)(=O)[O-])cc(S(=O)(=O)[O-])c2[O-])c1.[Cu+2].[Na+].[Na+]. The van der Waals surface area contributed by atoms with E-state index < -0.39 is 47.2 Å². The van der Waals surface area contributed by atoms with Gasteiger partial charge in [-0.15, -0.1) is 0 Å². The van der Waals surface area contributed by atoms with Crippen molar-refractivity contribution in [3.63, 3.8) is 0 Å². The van der Waals surface area contributed by atoms with Crippen LogP contribution in [0.15, 0.2) is 50.4 Å². The molecule has 1 radical (unpaired) electrons. The van der Waals surface area contributed by atoms with Crippen LogP contribution in [0.3, 0.4) is 0 Å². The Bertz CT molecular complexity index is 1090. The topological polar surface area (TPSA) is 185 Å². The Morgan fingerprint density at radius 1 is 0.821 bits per heavy atom. The minimum absolute atomic E-state index is 0. The fraction of sp³-hybridized carbons (Fsp3) is 0.0769. The normalized spacial score (nSPS) is 11.2. The molecule has 0 amide bonds. The van der Waals surface area contributed by atoms with Crippen LogP contribution in [0.25, 0.3) is 0 Å². The van der Waals surface area contributed by atoms with E-state index in [-0.39, 0.29) is 87.9 Å². The molecule has 2 rings (SSSR count). The van der Waals surface area contributed by atoms with Crippen LogP contribution >= 0.6 is 0 Å². The molecule has 0 heterocycles. The Labute approximate surface area is 216 Å². The van der Waals surface area contributed by atoms with Crippen LogP contribution in [0.4, 0.5) is 11.4 Å². The second-order valence-electron chi connectivity index (χ2n) is 4.85. The van der Waals surface area contributed by atoms with E-state index in [1.165, 1.54) is 18.2 Å². The van der Waals surface area contributed by atoms with E-state index in [2.05, 4.69) is 10.2 Å². The van der Waals surface area contributed by atoms with Gasteiger partial charge in [0, 0.05) is 4.90 Å². The van der Waals surface area contributed by atoms with Crippen molar-refractivity contribution in [3.8, 4) is 11.5 Å². The maximum Gasteiger partial charge on any atom is 2.00 e. The van der Waals surface area contributed by atoms with Crippen LogP contribution in [-0.4, -0.2) is 25.9 Å². The van der Waals surface area contributed by atoms with Crippen molar-refractivity contribution in [1.82, 2.24) is 0 Å². The number of azo groups is 1. The van der Waals surface area contributed by atoms with E-state index in [4.69, 9.17) is 0 Å². The molecule has 0 saturated carbocycles. The molecule has 0 saturated heterocycles. The van der Waals surface area contributed by atoms with Crippen molar-refractivity contribution in [2.24, 2.45) is 10.2 Å². The van der Waals surface area contributed by atoms with Crippen molar-refractivity contribution in [1.29, 1.82) is 0 Å². The van der Waals surface area contributed by atoms with Gasteiger partial charge in [-0.25, -0.2) is 16.8 Å². The van der Waals surface area contributed by atoms with Gasteiger partial charge < -0.3 is 19.3 Å². The summed E-state index contributed by atoms with van der Waals surface area (Å²) in [4.78, 5) is -2.59. The van der Waals surface area contributed by atoms with Gasteiger partial charge >= 0.3 is 76.2 Å². The van der Waals surface area contributed by atoms with Crippen molar-refractivity contribution < 1.29 is 112 Å². The van der Waals surface area contributed by atoms with Crippen LogP contribution in [0.5, 0.6) is 11.5 Å². The summed E-state index contributed by atoms with van der Waals surface area (Å²) < 4.78 is 66.5. The Morgan fingerprint density at radius 3 is 1.86 bits per heavy atom. The molecule has 0 unspecified atom stereocenters. The Hall–Kier alpha value is -0.0205. The molecule has 0 aliphatic heterocycles. The first-order valence-corrected chi connectivity index (χ1v) is 9.17. The number of hydrogen-bond donors (Lipinski definition) is 0. The number of aryl methyl sites for hydroxylation is 1. The first kappa shape index (κ1) is 30.2. The van der Waals surface area contributed by atoms with E-state index in [0.717, 1.165) is 0 Å². The molecule has 0 aliphatic carbocycles. The molecule has 0 aromatic heterocycles. The molecule has 0 spiro atoms. The van der Waals surface area contributed by atoms with Crippen molar-refractivity contribution in [2.75, 3.05) is 0 Å². The molecule has 2 aromatic carbocycles. The minimum atomic E-state index is -5.37. The van der Waals surface area contributed by atoms with Gasteiger partial charge in [-0.2, -0.15) is 10.2 Å². The van der Waals surface area contributed by atoms with Gasteiger partial charge in [0.25, 0.3) is 0 Å². The fourth-order valence-electron chi connectivity index (χ4n) is 1.78. The molecule has 0 atom stereocenters. The van der Waals surface area contributed by atoms with Gasteiger partial charge in [-0.3, -0.25) is 0 Å². The molecule has 0 N–H and O–H groups in total. The molecule has 143 valence electrons. The molecule has 0 bridgehead atoms. The van der Waals surface area contributed by atoms with E-state index in [1.807, 2.05) is 0 Å². The second-order valence-corrected chi connectivity index (χ2v) is 7.58. The maximum atomic E-state index is 12.0. The average Bonchev–Trinajstić information content (AvgIpc) is 2.47. The van der Waals surface area contributed by atoms with Crippen LogP contribution in [0.1, 0.15) is 5.56 Å². The van der Waals surface area contributed by atoms with Crippen LogP contribution in [0.2, 0.25) is 0 Å². The number of hydrogen-bond acceptors (Lipinski definition) is 10. The van der Waals surface area contributed by atoms with Crippen molar-refractivity contribution in [3.05, 3.63) is 35.9 Å². The molecule has 0 fully saturated rings. The Morgan fingerprint density at radius 2 is 1.36 bits per heavy atom. The van der Waals surface area contributed by atoms with E-state index in [9.17, 15) is 36.2 Å². The summed E-state index contributed by atoms with van der Waals surface area (Å²) >= 11 is 0. The van der Waals surface area contributed by atoms with Gasteiger partial charge in [0.05, 0.1) is 16.3 Å². The molecular weight excluding hydrogens is 486 g/mol. The first-order chi connectivity index (χ1) is 11.4. The summed E-state index contributed by atoms with van der Waals surface area (Å²) in [5, 5.41) is 30.4. The maximum absolute atomic E-state index is 12.0. The van der Waals surface area contributed by atoms with Gasteiger partial charge in [0.15, 0.2) is 0 Å². The summed E-state index contributed by atoms with van der Waals surface area (Å²) in [7, 11) is -10.5. The summed E-state index contributed by atoms with van der Waals surface area (Å²) in [5.41, 5.74) is -0.455. The molecule has 0 aliphatic rings. The summed E-state index contributed by atoms with van der Waals surface area (Å²) in [6.07, 6.45) is 0. The van der Waals surface area contributed by atoms with E-state index in [1.54, 1.807) is 6.92 Å². The fourth-order valence-corrected chi connectivity index (χ4v) is 2.98. The monoisotopic (exact) mass is 493 g/mol. The smallest absolute Gasteiger partial charge is 0.871 e. The zero-order valence-electron chi connectivity index (χ0n) is 14.7. The standard InChI is InChI=1S/C13H12N2O8S2.Cu.2Na/c1-7-2-3-11(16)9(4-7)14-15-10-5-8(24(18,19)20)6-12(13(10)17)25(21,22)23;;;/h2-6,16-17H,1H3,(H,18,19,20)(H,21,22,23);;;/q;+2;2*+1/p-4. The van der Waals surface area contributed by atoms with Crippen LogP contribution in [-0.2, 0) is 37.3 Å². The molecular formula is C13H8CuN2Na2O8S2. The van der Waals surface area contributed by atoms with E-state index in [0.29, 0.717) is 11.6 Å². The number of rotatable bonds is 4. The Balaban J connectivity index is 0. The zero-order valence-corrected chi connectivity index (χ0v) is 21.2. The van der Waals surface area contributed by atoms with Crippen molar-refractivity contribution >= 4 is 31.6 Å².